The lowest BCUT2D eigenvalue weighted by molar-refractivity contribution is -0.384. The highest BCUT2D eigenvalue weighted by Crippen LogP contribution is 2.28. The molecule has 0 saturated heterocycles. The van der Waals surface area contributed by atoms with Gasteiger partial charge in [-0.2, -0.15) is 5.10 Å². The molecular formula is C25H22N4O7. The number of anilines is 1. The highest BCUT2D eigenvalue weighted by Gasteiger charge is 2.15. The van der Waals surface area contributed by atoms with Crippen molar-refractivity contribution in [2.75, 3.05) is 12.4 Å². The first-order chi connectivity index (χ1) is 17.2. The fourth-order valence-corrected chi connectivity index (χ4v) is 2.95. The molecule has 36 heavy (non-hydrogen) atoms. The lowest BCUT2D eigenvalue weighted by Gasteiger charge is -2.10. The maximum absolute atomic E-state index is 12.4. The minimum atomic E-state index is -0.954. The van der Waals surface area contributed by atoms with Crippen LogP contribution in [0.15, 0.2) is 65.8 Å². The number of hydrogen-bond acceptors (Lipinski definition) is 8. The minimum absolute atomic E-state index is 0.106. The number of hydrogen-bond donors (Lipinski definition) is 2. The van der Waals surface area contributed by atoms with Crippen LogP contribution in [0, 0.1) is 24.0 Å². The van der Waals surface area contributed by atoms with E-state index >= 15 is 0 Å². The zero-order chi connectivity index (χ0) is 26.2. The van der Waals surface area contributed by atoms with Gasteiger partial charge in [0, 0.05) is 17.8 Å². The summed E-state index contributed by atoms with van der Waals surface area (Å²) in [6.07, 6.45) is 1.28. The van der Waals surface area contributed by atoms with Crippen molar-refractivity contribution < 1.29 is 28.8 Å². The molecule has 2 N–H and O–H groups in total. The predicted octanol–water partition coefficient (Wildman–Crippen LogP) is 3.53. The number of ether oxygens (including phenoxy) is 2. The largest absolute Gasteiger partial charge is 0.493 e. The van der Waals surface area contributed by atoms with E-state index in [1.165, 1.54) is 49.7 Å². The molecule has 3 rings (SSSR count). The smallest absolute Gasteiger partial charge is 0.343 e. The molecule has 0 aliphatic rings. The Morgan fingerprint density at radius 1 is 0.917 bits per heavy atom. The van der Waals surface area contributed by atoms with E-state index in [0.717, 1.165) is 11.1 Å². The lowest BCUT2D eigenvalue weighted by atomic mass is 10.1. The van der Waals surface area contributed by atoms with Crippen LogP contribution in [0.5, 0.6) is 11.5 Å². The van der Waals surface area contributed by atoms with Gasteiger partial charge < -0.3 is 14.8 Å². The highest BCUT2D eigenvalue weighted by atomic mass is 16.6. The standard InChI is InChI=1S/C25H22N4O7/c1-15-4-8-19(12-16(15)2)27-23(30)24(31)28-26-14-17-5-11-21(22(13-17)35-3)36-25(32)18-6-9-20(10-7-18)29(33)34/h4-14H,1-3H3,(H,27,30)(H,28,31)/b26-14+. The zero-order valence-electron chi connectivity index (χ0n) is 19.6. The molecule has 0 atom stereocenters. The minimum Gasteiger partial charge on any atom is -0.493 e. The van der Waals surface area contributed by atoms with Gasteiger partial charge >= 0.3 is 17.8 Å². The number of non-ortho nitro benzene ring substituents is 1. The van der Waals surface area contributed by atoms with Crippen LogP contribution in [0.3, 0.4) is 0 Å². The molecule has 184 valence electrons. The number of methoxy groups -OCH3 is 1. The summed E-state index contributed by atoms with van der Waals surface area (Å²) in [5.41, 5.74) is 5.12. The number of rotatable bonds is 7. The van der Waals surface area contributed by atoms with Crippen LogP contribution >= 0.6 is 0 Å². The van der Waals surface area contributed by atoms with Crippen molar-refractivity contribution in [2.45, 2.75) is 13.8 Å². The molecule has 0 aromatic heterocycles. The second-order valence-corrected chi connectivity index (χ2v) is 7.56. The van der Waals surface area contributed by atoms with Crippen LogP contribution in [-0.2, 0) is 9.59 Å². The number of hydrazone groups is 1. The topological polar surface area (TPSA) is 149 Å². The summed E-state index contributed by atoms with van der Waals surface area (Å²) in [6.45, 7) is 3.83. The van der Waals surface area contributed by atoms with Gasteiger partial charge in [-0.1, -0.05) is 6.07 Å². The molecular weight excluding hydrogens is 468 g/mol. The van der Waals surface area contributed by atoms with E-state index < -0.39 is 22.7 Å². The van der Waals surface area contributed by atoms with E-state index in [9.17, 15) is 24.5 Å². The molecule has 0 bridgehead atoms. The van der Waals surface area contributed by atoms with Crippen LogP contribution in [0.1, 0.15) is 27.0 Å². The van der Waals surface area contributed by atoms with Crippen LogP contribution in [0.4, 0.5) is 11.4 Å². The van der Waals surface area contributed by atoms with Crippen LogP contribution in [0.25, 0.3) is 0 Å². The number of carbonyl (C=O) groups is 3. The first-order valence-corrected chi connectivity index (χ1v) is 10.5. The second kappa shape index (κ2) is 11.4. The molecule has 0 fully saturated rings. The molecule has 0 spiro atoms. The summed E-state index contributed by atoms with van der Waals surface area (Å²) < 4.78 is 10.6. The van der Waals surface area contributed by atoms with Crippen LogP contribution in [-0.4, -0.2) is 36.0 Å². The van der Waals surface area contributed by atoms with Crippen molar-refractivity contribution in [2.24, 2.45) is 5.10 Å². The molecule has 0 heterocycles. The van der Waals surface area contributed by atoms with Gasteiger partial charge in [-0.25, -0.2) is 10.2 Å². The third-order valence-electron chi connectivity index (χ3n) is 5.05. The molecule has 0 unspecified atom stereocenters. The number of nitrogens with zero attached hydrogens (tertiary/aromatic N) is 2. The maximum atomic E-state index is 12.4. The fourth-order valence-electron chi connectivity index (χ4n) is 2.95. The van der Waals surface area contributed by atoms with E-state index in [2.05, 4.69) is 15.8 Å². The van der Waals surface area contributed by atoms with Gasteiger partial charge in [0.1, 0.15) is 0 Å². The molecule has 0 radical (unpaired) electrons. The Kier molecular flexibility index (Phi) is 8.08. The number of carbonyl (C=O) groups excluding carboxylic acids is 3. The Morgan fingerprint density at radius 2 is 1.64 bits per heavy atom. The number of nitro groups is 1. The van der Waals surface area contributed by atoms with Crippen molar-refractivity contribution in [1.82, 2.24) is 5.43 Å². The SMILES string of the molecule is COc1cc(/C=N/NC(=O)C(=O)Nc2ccc(C)c(C)c2)ccc1OC(=O)c1ccc([N+](=O)[O-])cc1. The van der Waals surface area contributed by atoms with Crippen molar-refractivity contribution in [1.29, 1.82) is 0 Å². The van der Waals surface area contributed by atoms with Crippen molar-refractivity contribution in [3.63, 3.8) is 0 Å². The van der Waals surface area contributed by atoms with E-state index in [4.69, 9.17) is 9.47 Å². The predicted molar refractivity (Wildman–Crippen MR) is 131 cm³/mol. The summed E-state index contributed by atoms with van der Waals surface area (Å²) in [6, 6.07) is 14.8. The van der Waals surface area contributed by atoms with E-state index in [1.54, 1.807) is 18.2 Å². The van der Waals surface area contributed by atoms with Gasteiger partial charge in [0.25, 0.3) is 5.69 Å². The Hall–Kier alpha value is -5.06. The van der Waals surface area contributed by atoms with E-state index in [0.29, 0.717) is 11.3 Å². The molecule has 11 nitrogen and oxygen atoms in total. The van der Waals surface area contributed by atoms with Crippen LogP contribution in [0.2, 0.25) is 0 Å². The number of amides is 2. The van der Waals surface area contributed by atoms with Gasteiger partial charge in [0.15, 0.2) is 11.5 Å². The molecule has 2 amide bonds. The van der Waals surface area contributed by atoms with Crippen molar-refractivity contribution >= 4 is 35.4 Å². The summed E-state index contributed by atoms with van der Waals surface area (Å²) >= 11 is 0. The number of aryl methyl sites for hydroxylation is 2. The summed E-state index contributed by atoms with van der Waals surface area (Å²) in [7, 11) is 1.37. The van der Waals surface area contributed by atoms with Gasteiger partial charge in [-0.15, -0.1) is 0 Å². The average molecular weight is 490 g/mol. The van der Waals surface area contributed by atoms with Gasteiger partial charge in [0.2, 0.25) is 0 Å². The first kappa shape index (κ1) is 25.6. The first-order valence-electron chi connectivity index (χ1n) is 10.5. The number of nitrogens with one attached hydrogen (secondary N) is 2. The molecule has 3 aromatic carbocycles. The van der Waals surface area contributed by atoms with E-state index in [1.807, 2.05) is 19.9 Å². The van der Waals surface area contributed by atoms with Gasteiger partial charge in [-0.3, -0.25) is 19.7 Å². The Morgan fingerprint density at radius 3 is 2.28 bits per heavy atom. The summed E-state index contributed by atoms with van der Waals surface area (Å²) in [5, 5.41) is 17.0. The zero-order valence-corrected chi connectivity index (χ0v) is 19.6. The molecule has 11 heteroatoms. The highest BCUT2D eigenvalue weighted by molar-refractivity contribution is 6.39. The molecule has 0 saturated carbocycles. The normalized spacial score (nSPS) is 10.5. The maximum Gasteiger partial charge on any atom is 0.343 e. The monoisotopic (exact) mass is 490 g/mol. The number of esters is 1. The Bertz CT molecular complexity index is 1350. The van der Waals surface area contributed by atoms with Crippen LogP contribution < -0.4 is 20.2 Å². The Balaban J connectivity index is 1.60. The third kappa shape index (κ3) is 6.50. The third-order valence-corrected chi connectivity index (χ3v) is 5.05. The number of benzene rings is 3. The van der Waals surface area contributed by atoms with Crippen molar-refractivity contribution in [3.8, 4) is 11.5 Å². The number of nitro benzene ring substituents is 1. The summed E-state index contributed by atoms with van der Waals surface area (Å²) in [4.78, 5) is 46.6. The Labute approximate surface area is 205 Å². The van der Waals surface area contributed by atoms with Gasteiger partial charge in [0.05, 0.1) is 23.8 Å². The fraction of sp³-hybridized carbons (Fsp3) is 0.120. The molecule has 0 aliphatic carbocycles. The lowest BCUT2D eigenvalue weighted by Crippen LogP contribution is -2.32. The van der Waals surface area contributed by atoms with E-state index in [-0.39, 0.29) is 22.7 Å². The second-order valence-electron chi connectivity index (χ2n) is 7.56. The molecule has 3 aromatic rings. The summed E-state index contributed by atoms with van der Waals surface area (Å²) in [5.74, 6) is -2.25. The molecule has 0 aliphatic heterocycles. The quantitative estimate of drug-likeness (QED) is 0.128. The van der Waals surface area contributed by atoms with Crippen molar-refractivity contribution in [3.05, 3.63) is 93.0 Å². The van der Waals surface area contributed by atoms with Gasteiger partial charge in [-0.05, 0) is 73.0 Å². The average Bonchev–Trinajstić information content (AvgIpc) is 2.86.